The van der Waals surface area contributed by atoms with E-state index in [0.717, 1.165) is 22.7 Å². The Morgan fingerprint density at radius 2 is 2.06 bits per heavy atom. The van der Waals surface area contributed by atoms with Crippen LogP contribution < -0.4 is 10.1 Å². The Balaban J connectivity index is 0.00000144. The third-order valence-corrected chi connectivity index (χ3v) is 2.92. The Hall–Kier alpha value is -0.306. The van der Waals surface area contributed by atoms with Crippen LogP contribution in [0.3, 0.4) is 0 Å². The first kappa shape index (κ1) is 14.8. The molecule has 1 aliphatic rings. The van der Waals surface area contributed by atoms with Crippen molar-refractivity contribution >= 4 is 17.3 Å². The number of hydrogen-bond acceptors (Lipinski definition) is 2. The molecular weight excluding hydrogens is 311 g/mol. The monoisotopic (exact) mass is 323 g/mol. The van der Waals surface area contributed by atoms with E-state index in [1.54, 1.807) is 7.11 Å². The fourth-order valence-electron chi connectivity index (χ4n) is 1.53. The van der Waals surface area contributed by atoms with Gasteiger partial charge in [-0.15, -0.1) is 29.4 Å². The minimum absolute atomic E-state index is 0. The maximum atomic E-state index is 6.01. The van der Waals surface area contributed by atoms with Crippen LogP contribution in [-0.4, -0.2) is 12.5 Å². The Kier molecular flexibility index (Phi) is 5.71. The second-order valence-electron chi connectivity index (χ2n) is 3.60. The summed E-state index contributed by atoms with van der Waals surface area (Å²) in [7, 11) is 1.65. The molecule has 4 heteroatoms. The van der Waals surface area contributed by atoms with E-state index in [2.05, 4.69) is 18.0 Å². The molecule has 2 rings (SSSR count). The van der Waals surface area contributed by atoms with Gasteiger partial charge in [0, 0.05) is 38.4 Å². The molecule has 1 aliphatic heterocycles. The predicted molar refractivity (Wildman–Crippen MR) is 66.2 cm³/mol. The van der Waals surface area contributed by atoms with Crippen molar-refractivity contribution in [1.29, 1.82) is 0 Å². The number of rotatable bonds is 2. The summed E-state index contributed by atoms with van der Waals surface area (Å²) in [5.41, 5.74) is 2.82. The van der Waals surface area contributed by atoms with Crippen LogP contribution in [0.25, 0.3) is 5.70 Å². The van der Waals surface area contributed by atoms with Crippen molar-refractivity contribution in [1.82, 2.24) is 5.32 Å². The summed E-state index contributed by atoms with van der Waals surface area (Å²) >= 11 is 6.01. The van der Waals surface area contributed by atoms with Crippen LogP contribution in [0, 0.1) is 6.08 Å². The predicted octanol–water partition coefficient (Wildman–Crippen LogP) is 2.95. The number of methoxy groups -OCH3 is 1. The molecule has 0 aromatic heterocycles. The average molecular weight is 324 g/mol. The van der Waals surface area contributed by atoms with E-state index < -0.39 is 0 Å². The minimum Gasteiger partial charge on any atom is -0.497 e. The van der Waals surface area contributed by atoms with Crippen molar-refractivity contribution in [3.63, 3.8) is 0 Å². The molecule has 87 valence electrons. The van der Waals surface area contributed by atoms with Gasteiger partial charge in [-0.1, -0.05) is 13.0 Å². The van der Waals surface area contributed by atoms with E-state index in [1.165, 1.54) is 0 Å². The normalized spacial score (nSPS) is 18.8. The number of hydrogen-bond donors (Lipinski definition) is 1. The Morgan fingerprint density at radius 3 is 2.59 bits per heavy atom. The van der Waals surface area contributed by atoms with Crippen LogP contribution >= 0.6 is 11.6 Å². The molecule has 1 heterocycles. The molecule has 1 radical (unpaired) electrons. The number of halogens is 1. The van der Waals surface area contributed by atoms with Crippen molar-refractivity contribution in [2.24, 2.45) is 0 Å². The molecule has 0 amide bonds. The summed E-state index contributed by atoms with van der Waals surface area (Å²) in [6.07, 6.45) is 3.91. The van der Waals surface area contributed by atoms with Gasteiger partial charge in [0.05, 0.1) is 12.5 Å². The van der Waals surface area contributed by atoms with E-state index in [-0.39, 0.29) is 38.1 Å². The van der Waals surface area contributed by atoms with Crippen LogP contribution in [0.4, 0.5) is 0 Å². The first-order chi connectivity index (χ1) is 7.70. The van der Waals surface area contributed by atoms with Gasteiger partial charge in [0.15, 0.2) is 0 Å². The standard InChI is InChI=1S/C13H13ClNO.Y/c1-9-12(14)7-8-13(15-9)10-3-5-11(16-2)6-4-10;/h3-6,12,15H,1,7H2,2H3;/q-1;. The van der Waals surface area contributed by atoms with Crippen LogP contribution in [-0.2, 0) is 32.7 Å². The zero-order chi connectivity index (χ0) is 11.5. The third kappa shape index (κ3) is 3.57. The molecule has 0 bridgehead atoms. The van der Waals surface area contributed by atoms with Gasteiger partial charge in [-0.05, 0) is 12.1 Å². The molecule has 1 aromatic rings. The molecule has 1 unspecified atom stereocenters. The Morgan fingerprint density at radius 1 is 1.41 bits per heavy atom. The Bertz CT molecular complexity index is 428. The second kappa shape index (κ2) is 6.58. The summed E-state index contributed by atoms with van der Waals surface area (Å²) in [5, 5.41) is 3.09. The molecule has 0 aliphatic carbocycles. The Labute approximate surface area is 132 Å². The summed E-state index contributed by atoms with van der Waals surface area (Å²) in [6, 6.07) is 7.80. The fraction of sp³-hybridized carbons (Fsp3) is 0.231. The summed E-state index contributed by atoms with van der Waals surface area (Å²) < 4.78 is 5.11. The van der Waals surface area contributed by atoms with Gasteiger partial charge < -0.3 is 10.1 Å². The van der Waals surface area contributed by atoms with Crippen LogP contribution in [0.5, 0.6) is 5.75 Å². The summed E-state index contributed by atoms with van der Waals surface area (Å²) in [6.45, 7) is 3.88. The van der Waals surface area contributed by atoms with E-state index in [9.17, 15) is 0 Å². The molecule has 1 aromatic carbocycles. The molecule has 0 saturated heterocycles. The van der Waals surface area contributed by atoms with Gasteiger partial charge in [0.2, 0.25) is 0 Å². The van der Waals surface area contributed by atoms with Crippen molar-refractivity contribution in [3.8, 4) is 5.75 Å². The average Bonchev–Trinajstić information content (AvgIpc) is 2.33. The molecule has 1 N–H and O–H groups in total. The van der Waals surface area contributed by atoms with Gasteiger partial charge in [0.1, 0.15) is 5.75 Å². The molecule has 17 heavy (non-hydrogen) atoms. The number of ether oxygens (including phenoxy) is 1. The van der Waals surface area contributed by atoms with Gasteiger partial charge >= 0.3 is 0 Å². The maximum Gasteiger partial charge on any atom is 0.115 e. The van der Waals surface area contributed by atoms with Gasteiger partial charge in [-0.3, -0.25) is 0 Å². The van der Waals surface area contributed by atoms with E-state index >= 15 is 0 Å². The fourth-order valence-corrected chi connectivity index (χ4v) is 1.66. The number of benzene rings is 1. The SMILES string of the molecule is C=C1NC(c2ccc(OC)cc2)=[C-]CC1Cl.[Y]. The minimum atomic E-state index is -0.0676. The molecule has 0 saturated carbocycles. The van der Waals surface area contributed by atoms with Crippen molar-refractivity contribution in [3.05, 3.63) is 48.2 Å². The van der Waals surface area contributed by atoms with Gasteiger partial charge in [-0.25, -0.2) is 6.08 Å². The van der Waals surface area contributed by atoms with Crippen molar-refractivity contribution < 1.29 is 37.4 Å². The van der Waals surface area contributed by atoms with Crippen molar-refractivity contribution in [2.45, 2.75) is 11.8 Å². The maximum absolute atomic E-state index is 6.01. The van der Waals surface area contributed by atoms with Crippen molar-refractivity contribution in [2.75, 3.05) is 7.11 Å². The van der Waals surface area contributed by atoms with E-state index in [4.69, 9.17) is 16.3 Å². The smallest absolute Gasteiger partial charge is 0.115 e. The summed E-state index contributed by atoms with van der Waals surface area (Å²) in [5.74, 6) is 0.842. The largest absolute Gasteiger partial charge is 0.497 e. The zero-order valence-electron chi connectivity index (χ0n) is 9.66. The number of alkyl halides is 1. The topological polar surface area (TPSA) is 21.3 Å². The van der Waals surface area contributed by atoms with Crippen LogP contribution in [0.1, 0.15) is 12.0 Å². The van der Waals surface area contributed by atoms with E-state index in [0.29, 0.717) is 6.42 Å². The first-order valence-electron chi connectivity index (χ1n) is 5.06. The van der Waals surface area contributed by atoms with Crippen LogP contribution in [0.2, 0.25) is 0 Å². The van der Waals surface area contributed by atoms with Gasteiger partial charge in [0.25, 0.3) is 0 Å². The molecule has 1 atom stereocenters. The van der Waals surface area contributed by atoms with Crippen LogP contribution in [0.15, 0.2) is 36.5 Å². The zero-order valence-corrected chi connectivity index (χ0v) is 13.3. The molecule has 0 fully saturated rings. The first-order valence-corrected chi connectivity index (χ1v) is 5.49. The number of allylic oxidation sites excluding steroid dienone is 2. The molecule has 2 nitrogen and oxygen atoms in total. The molecular formula is C13H13ClNOY-. The van der Waals surface area contributed by atoms with E-state index in [1.807, 2.05) is 24.3 Å². The summed E-state index contributed by atoms with van der Waals surface area (Å²) in [4.78, 5) is 0. The third-order valence-electron chi connectivity index (χ3n) is 2.50. The second-order valence-corrected chi connectivity index (χ2v) is 4.13. The number of nitrogens with one attached hydrogen (secondary N) is 1. The van der Waals surface area contributed by atoms with Gasteiger partial charge in [-0.2, -0.15) is 5.56 Å². The molecule has 0 spiro atoms. The quantitative estimate of drug-likeness (QED) is 0.667.